The fourth-order valence-corrected chi connectivity index (χ4v) is 4.51. The van der Waals surface area contributed by atoms with Gasteiger partial charge >= 0.3 is 0 Å². The van der Waals surface area contributed by atoms with Gasteiger partial charge in [0, 0.05) is 18.1 Å². The zero-order valence-electron chi connectivity index (χ0n) is 13.8. The molecule has 0 bridgehead atoms. The summed E-state index contributed by atoms with van der Waals surface area (Å²) in [5.74, 6) is 0.770. The second kappa shape index (κ2) is 6.50. The van der Waals surface area contributed by atoms with Crippen LogP contribution in [0, 0.1) is 5.92 Å². The van der Waals surface area contributed by atoms with Crippen LogP contribution in [-0.4, -0.2) is 30.1 Å². The van der Waals surface area contributed by atoms with E-state index in [4.69, 9.17) is 0 Å². The summed E-state index contributed by atoms with van der Waals surface area (Å²) in [6, 6.07) is 11.0. The maximum Gasteiger partial charge on any atom is 0.0481 e. The number of likely N-dealkylation sites (N-methyl/N-ethyl adjacent to an activating group) is 1. The van der Waals surface area contributed by atoms with Gasteiger partial charge in [-0.15, -0.1) is 0 Å². The summed E-state index contributed by atoms with van der Waals surface area (Å²) in [5.41, 5.74) is 3.10. The molecule has 0 saturated carbocycles. The molecule has 1 fully saturated rings. The molecule has 1 aliphatic heterocycles. The van der Waals surface area contributed by atoms with Gasteiger partial charge in [-0.2, -0.15) is 0 Å². The average Bonchev–Trinajstić information content (AvgIpc) is 2.97. The fraction of sp³-hybridized carbons (Fsp3) is 0.684. The van der Waals surface area contributed by atoms with E-state index in [1.807, 2.05) is 0 Å². The Kier molecular flexibility index (Phi) is 4.66. The molecule has 1 heterocycles. The van der Waals surface area contributed by atoms with E-state index in [0.29, 0.717) is 12.1 Å². The van der Waals surface area contributed by atoms with Gasteiger partial charge in [-0.1, -0.05) is 45.0 Å². The lowest BCUT2D eigenvalue weighted by molar-refractivity contribution is 0.104. The number of benzene rings is 1. The van der Waals surface area contributed by atoms with Crippen LogP contribution in [0.15, 0.2) is 24.3 Å². The first-order valence-corrected chi connectivity index (χ1v) is 8.79. The van der Waals surface area contributed by atoms with Crippen molar-refractivity contribution in [2.75, 3.05) is 13.1 Å². The van der Waals surface area contributed by atoms with Crippen LogP contribution in [-0.2, 0) is 6.42 Å². The summed E-state index contributed by atoms with van der Waals surface area (Å²) in [6.07, 6.45) is 5.30. The third-order valence-electron chi connectivity index (χ3n) is 5.45. The number of fused-ring (bicyclic) bond motifs is 1. The lowest BCUT2D eigenvalue weighted by Crippen LogP contribution is -2.50. The summed E-state index contributed by atoms with van der Waals surface area (Å²) < 4.78 is 0. The van der Waals surface area contributed by atoms with Crippen molar-refractivity contribution in [2.24, 2.45) is 5.92 Å². The predicted octanol–water partition coefficient (Wildman–Crippen LogP) is 3.77. The highest BCUT2D eigenvalue weighted by Gasteiger charge is 2.38. The van der Waals surface area contributed by atoms with Gasteiger partial charge in [-0.3, -0.25) is 4.90 Å². The zero-order valence-corrected chi connectivity index (χ0v) is 13.8. The average molecular weight is 286 g/mol. The first-order chi connectivity index (χ1) is 10.2. The highest BCUT2D eigenvalue weighted by molar-refractivity contribution is 5.34. The molecule has 0 spiro atoms. The minimum absolute atomic E-state index is 0.513. The minimum atomic E-state index is 0.513. The van der Waals surface area contributed by atoms with Gasteiger partial charge in [0.1, 0.15) is 0 Å². The number of nitrogens with one attached hydrogen (secondary N) is 1. The molecule has 0 radical (unpaired) electrons. The second-order valence-corrected chi connectivity index (χ2v) is 7.03. The molecule has 0 aromatic heterocycles. The molecular formula is C19H30N2. The molecule has 3 atom stereocenters. The lowest BCUT2D eigenvalue weighted by atomic mass is 9.82. The third kappa shape index (κ3) is 2.89. The van der Waals surface area contributed by atoms with Crippen LogP contribution < -0.4 is 5.32 Å². The molecule has 2 aliphatic rings. The van der Waals surface area contributed by atoms with E-state index in [9.17, 15) is 0 Å². The summed E-state index contributed by atoms with van der Waals surface area (Å²) >= 11 is 0. The Morgan fingerprint density at radius 2 is 2.05 bits per heavy atom. The summed E-state index contributed by atoms with van der Waals surface area (Å²) in [5, 5.41) is 3.79. The smallest absolute Gasteiger partial charge is 0.0481 e. The van der Waals surface area contributed by atoms with Gasteiger partial charge in [0.05, 0.1) is 0 Å². The lowest BCUT2D eigenvalue weighted by Gasteiger charge is -2.43. The molecule has 3 rings (SSSR count). The van der Waals surface area contributed by atoms with E-state index < -0.39 is 0 Å². The van der Waals surface area contributed by atoms with Crippen LogP contribution in [0.5, 0.6) is 0 Å². The Balaban J connectivity index is 1.88. The number of nitrogens with zero attached hydrogens (tertiary/aromatic N) is 1. The molecule has 1 aromatic carbocycles. The Hall–Kier alpha value is -0.860. The molecule has 2 nitrogen and oxygen atoms in total. The molecular weight excluding hydrogens is 256 g/mol. The molecule has 2 heteroatoms. The number of rotatable bonds is 4. The van der Waals surface area contributed by atoms with Crippen LogP contribution in [0.1, 0.15) is 57.2 Å². The van der Waals surface area contributed by atoms with Gasteiger partial charge in [0.15, 0.2) is 0 Å². The van der Waals surface area contributed by atoms with Crippen LogP contribution >= 0.6 is 0 Å². The molecule has 21 heavy (non-hydrogen) atoms. The van der Waals surface area contributed by atoms with Gasteiger partial charge in [-0.25, -0.2) is 0 Å². The topological polar surface area (TPSA) is 15.3 Å². The van der Waals surface area contributed by atoms with Crippen molar-refractivity contribution in [3.63, 3.8) is 0 Å². The van der Waals surface area contributed by atoms with E-state index in [-0.39, 0.29) is 0 Å². The quantitative estimate of drug-likeness (QED) is 0.906. The van der Waals surface area contributed by atoms with Crippen molar-refractivity contribution in [2.45, 2.75) is 64.6 Å². The highest BCUT2D eigenvalue weighted by Crippen LogP contribution is 2.37. The van der Waals surface area contributed by atoms with E-state index in [1.165, 1.54) is 32.2 Å². The third-order valence-corrected chi connectivity index (χ3v) is 5.45. The van der Waals surface area contributed by atoms with Gasteiger partial charge in [0.2, 0.25) is 0 Å². The van der Waals surface area contributed by atoms with Gasteiger partial charge in [-0.05, 0) is 55.8 Å². The molecule has 1 N–H and O–H groups in total. The normalized spacial score (nSPS) is 29.8. The monoisotopic (exact) mass is 286 g/mol. The van der Waals surface area contributed by atoms with Crippen molar-refractivity contribution in [1.29, 1.82) is 0 Å². The van der Waals surface area contributed by atoms with Crippen LogP contribution in [0.25, 0.3) is 0 Å². The Bertz CT molecular complexity index is 468. The highest BCUT2D eigenvalue weighted by atomic mass is 15.2. The van der Waals surface area contributed by atoms with E-state index in [0.717, 1.165) is 18.5 Å². The Labute approximate surface area is 129 Å². The van der Waals surface area contributed by atoms with Crippen molar-refractivity contribution in [3.05, 3.63) is 35.4 Å². The van der Waals surface area contributed by atoms with Crippen LogP contribution in [0.4, 0.5) is 0 Å². The predicted molar refractivity (Wildman–Crippen MR) is 89.5 cm³/mol. The Morgan fingerprint density at radius 3 is 2.81 bits per heavy atom. The van der Waals surface area contributed by atoms with Crippen LogP contribution in [0.2, 0.25) is 0 Å². The maximum atomic E-state index is 3.79. The minimum Gasteiger partial charge on any atom is -0.309 e. The summed E-state index contributed by atoms with van der Waals surface area (Å²) in [4.78, 5) is 2.83. The molecule has 1 aromatic rings. The Morgan fingerprint density at radius 1 is 1.24 bits per heavy atom. The van der Waals surface area contributed by atoms with E-state index >= 15 is 0 Å². The number of likely N-dealkylation sites (tertiary alicyclic amines) is 1. The van der Waals surface area contributed by atoms with Gasteiger partial charge in [0.25, 0.3) is 0 Å². The van der Waals surface area contributed by atoms with Crippen LogP contribution in [0.3, 0.4) is 0 Å². The molecule has 1 aliphatic carbocycles. The van der Waals surface area contributed by atoms with Crippen molar-refractivity contribution >= 4 is 0 Å². The SMILES string of the molecule is CCNC1c2ccccc2CCC1N1CCCC1C(C)C. The van der Waals surface area contributed by atoms with Crippen molar-refractivity contribution < 1.29 is 0 Å². The van der Waals surface area contributed by atoms with E-state index in [2.05, 4.69) is 55.3 Å². The summed E-state index contributed by atoms with van der Waals surface area (Å²) in [6.45, 7) is 9.36. The summed E-state index contributed by atoms with van der Waals surface area (Å²) in [7, 11) is 0. The second-order valence-electron chi connectivity index (χ2n) is 7.03. The number of aryl methyl sites for hydroxylation is 1. The molecule has 0 amide bonds. The maximum absolute atomic E-state index is 3.79. The zero-order chi connectivity index (χ0) is 14.8. The fourth-order valence-electron chi connectivity index (χ4n) is 4.51. The molecule has 1 saturated heterocycles. The molecule has 116 valence electrons. The van der Waals surface area contributed by atoms with Crippen molar-refractivity contribution in [1.82, 2.24) is 10.2 Å². The number of hydrogen-bond acceptors (Lipinski definition) is 2. The number of hydrogen-bond donors (Lipinski definition) is 1. The first kappa shape index (κ1) is 15.1. The largest absolute Gasteiger partial charge is 0.309 e. The van der Waals surface area contributed by atoms with E-state index in [1.54, 1.807) is 11.1 Å². The molecule has 3 unspecified atom stereocenters. The van der Waals surface area contributed by atoms with Gasteiger partial charge < -0.3 is 5.32 Å². The van der Waals surface area contributed by atoms with Crippen molar-refractivity contribution in [3.8, 4) is 0 Å². The first-order valence-electron chi connectivity index (χ1n) is 8.79. The standard InChI is InChI=1S/C19H30N2/c1-4-20-19-16-9-6-5-8-15(16)11-12-18(19)21-13-7-10-17(21)14(2)3/h5-6,8-9,14,17-20H,4,7,10-13H2,1-3H3.